The molecule has 1 heterocycles. The summed E-state index contributed by atoms with van der Waals surface area (Å²) in [7, 11) is 1.61. The number of hydrogen-bond acceptors (Lipinski definition) is 2. The van der Waals surface area contributed by atoms with Crippen LogP contribution in [-0.2, 0) is 13.5 Å². The zero-order chi connectivity index (χ0) is 9.14. The number of nitrogens with one attached hydrogen (secondary N) is 1. The SMILES string of the molecule is Cn1cc(CCBr)c(=O)[nH]c1=O. The van der Waals surface area contributed by atoms with Gasteiger partial charge in [-0.05, 0) is 6.42 Å². The highest BCUT2D eigenvalue weighted by Gasteiger charge is 2.00. The molecule has 1 aromatic heterocycles. The van der Waals surface area contributed by atoms with E-state index in [-0.39, 0.29) is 11.2 Å². The summed E-state index contributed by atoms with van der Waals surface area (Å²) in [5.41, 5.74) is -0.0511. The molecule has 0 saturated carbocycles. The van der Waals surface area contributed by atoms with Gasteiger partial charge in [-0.3, -0.25) is 9.78 Å². The van der Waals surface area contributed by atoms with Crippen LogP contribution in [0.25, 0.3) is 0 Å². The van der Waals surface area contributed by atoms with Crippen LogP contribution in [0.15, 0.2) is 15.8 Å². The quantitative estimate of drug-likeness (QED) is 0.731. The number of H-pyrrole nitrogens is 1. The lowest BCUT2D eigenvalue weighted by Crippen LogP contribution is -2.30. The van der Waals surface area contributed by atoms with Gasteiger partial charge in [0.05, 0.1) is 0 Å². The van der Waals surface area contributed by atoms with Gasteiger partial charge < -0.3 is 4.57 Å². The number of hydrogen-bond donors (Lipinski definition) is 1. The zero-order valence-electron chi connectivity index (χ0n) is 6.63. The molecule has 0 aliphatic heterocycles. The van der Waals surface area contributed by atoms with E-state index in [1.54, 1.807) is 13.2 Å². The molecule has 0 unspecified atom stereocenters. The summed E-state index contributed by atoms with van der Waals surface area (Å²) < 4.78 is 1.36. The normalized spacial score (nSPS) is 10.2. The van der Waals surface area contributed by atoms with Gasteiger partial charge in [0.2, 0.25) is 0 Å². The number of rotatable bonds is 2. The van der Waals surface area contributed by atoms with Crippen molar-refractivity contribution in [1.82, 2.24) is 9.55 Å². The fourth-order valence-electron chi connectivity index (χ4n) is 0.896. The van der Waals surface area contributed by atoms with Crippen LogP contribution in [0.3, 0.4) is 0 Å². The Bertz CT molecular complexity index is 380. The summed E-state index contributed by atoms with van der Waals surface area (Å²) in [4.78, 5) is 24.2. The van der Waals surface area contributed by atoms with Gasteiger partial charge in [0, 0.05) is 24.1 Å². The molecule has 0 bridgehead atoms. The van der Waals surface area contributed by atoms with Crippen LogP contribution in [-0.4, -0.2) is 14.9 Å². The summed E-state index contributed by atoms with van der Waals surface area (Å²) in [5.74, 6) is 0. The highest BCUT2D eigenvalue weighted by molar-refractivity contribution is 9.09. The maximum atomic E-state index is 11.1. The summed E-state index contributed by atoms with van der Waals surface area (Å²) in [6, 6.07) is 0. The number of aromatic amines is 1. The third-order valence-electron chi connectivity index (χ3n) is 1.55. The minimum atomic E-state index is -0.377. The van der Waals surface area contributed by atoms with E-state index >= 15 is 0 Å². The Morgan fingerprint density at radius 2 is 2.25 bits per heavy atom. The van der Waals surface area contributed by atoms with Gasteiger partial charge in [-0.2, -0.15) is 0 Å². The van der Waals surface area contributed by atoms with Gasteiger partial charge in [0.15, 0.2) is 0 Å². The molecule has 0 amide bonds. The average Bonchev–Trinajstić information content (AvgIpc) is 2.01. The predicted octanol–water partition coefficient (Wildman–Crippen LogP) is 0.0110. The van der Waals surface area contributed by atoms with Crippen LogP contribution in [0, 0.1) is 0 Å². The van der Waals surface area contributed by atoms with Crippen LogP contribution in [0.2, 0.25) is 0 Å². The maximum Gasteiger partial charge on any atom is 0.328 e. The van der Waals surface area contributed by atoms with E-state index in [9.17, 15) is 9.59 Å². The van der Waals surface area contributed by atoms with Crippen molar-refractivity contribution in [2.75, 3.05) is 5.33 Å². The van der Waals surface area contributed by atoms with Crippen LogP contribution in [0.5, 0.6) is 0 Å². The Morgan fingerprint density at radius 1 is 1.58 bits per heavy atom. The fraction of sp³-hybridized carbons (Fsp3) is 0.429. The van der Waals surface area contributed by atoms with Crippen molar-refractivity contribution < 1.29 is 0 Å². The van der Waals surface area contributed by atoms with E-state index in [1.807, 2.05) is 0 Å². The molecular formula is C7H9BrN2O2. The Morgan fingerprint density at radius 3 is 2.83 bits per heavy atom. The van der Waals surface area contributed by atoms with Crippen molar-refractivity contribution in [3.05, 3.63) is 32.6 Å². The third-order valence-corrected chi connectivity index (χ3v) is 1.94. The van der Waals surface area contributed by atoms with Crippen molar-refractivity contribution in [1.29, 1.82) is 0 Å². The third kappa shape index (κ3) is 1.85. The summed E-state index contributed by atoms with van der Waals surface area (Å²) in [6.07, 6.45) is 2.19. The largest absolute Gasteiger partial charge is 0.328 e. The van der Waals surface area contributed by atoms with E-state index in [2.05, 4.69) is 20.9 Å². The molecule has 0 atom stereocenters. The summed E-state index contributed by atoms with van der Waals surface area (Å²) in [5, 5.41) is 0.717. The highest BCUT2D eigenvalue weighted by Crippen LogP contribution is 1.91. The van der Waals surface area contributed by atoms with Crippen molar-refractivity contribution >= 4 is 15.9 Å². The van der Waals surface area contributed by atoms with E-state index in [0.29, 0.717) is 17.3 Å². The molecule has 0 aromatic carbocycles. The minimum Gasteiger partial charge on any atom is -0.303 e. The van der Waals surface area contributed by atoms with Crippen LogP contribution in [0.1, 0.15) is 5.56 Å². The molecule has 4 nitrogen and oxygen atoms in total. The molecule has 0 aliphatic rings. The molecule has 5 heteroatoms. The number of aryl methyl sites for hydroxylation is 2. The van der Waals surface area contributed by atoms with Gasteiger partial charge in [0.25, 0.3) is 5.56 Å². The van der Waals surface area contributed by atoms with Crippen LogP contribution >= 0.6 is 15.9 Å². The molecular weight excluding hydrogens is 224 g/mol. The Kier molecular flexibility index (Phi) is 2.86. The van der Waals surface area contributed by atoms with Gasteiger partial charge in [-0.25, -0.2) is 4.79 Å². The molecule has 0 aliphatic carbocycles. The Hall–Kier alpha value is -0.840. The van der Waals surface area contributed by atoms with Crippen molar-refractivity contribution in [3.8, 4) is 0 Å². The Labute approximate surface area is 77.4 Å². The lowest BCUT2D eigenvalue weighted by Gasteiger charge is -1.99. The molecule has 0 radical (unpaired) electrons. The maximum absolute atomic E-state index is 11.1. The van der Waals surface area contributed by atoms with Crippen molar-refractivity contribution in [2.24, 2.45) is 7.05 Å². The molecule has 0 spiro atoms. The van der Waals surface area contributed by atoms with E-state index in [4.69, 9.17) is 0 Å². The molecule has 1 N–H and O–H groups in total. The van der Waals surface area contributed by atoms with E-state index in [1.165, 1.54) is 4.57 Å². The first-order valence-corrected chi connectivity index (χ1v) is 4.62. The number of halogens is 1. The monoisotopic (exact) mass is 232 g/mol. The van der Waals surface area contributed by atoms with Gasteiger partial charge in [-0.1, -0.05) is 15.9 Å². The van der Waals surface area contributed by atoms with Crippen molar-refractivity contribution in [3.63, 3.8) is 0 Å². The first kappa shape index (κ1) is 9.25. The van der Waals surface area contributed by atoms with Gasteiger partial charge in [-0.15, -0.1) is 0 Å². The van der Waals surface area contributed by atoms with Crippen molar-refractivity contribution in [2.45, 2.75) is 6.42 Å². The summed E-state index contributed by atoms with van der Waals surface area (Å²) >= 11 is 3.22. The van der Waals surface area contributed by atoms with Crippen LogP contribution in [0.4, 0.5) is 0 Å². The summed E-state index contributed by atoms with van der Waals surface area (Å²) in [6.45, 7) is 0. The average molecular weight is 233 g/mol. The second-order valence-electron chi connectivity index (χ2n) is 2.46. The minimum absolute atomic E-state index is 0.294. The number of aromatic nitrogens is 2. The Balaban J connectivity index is 3.24. The molecule has 12 heavy (non-hydrogen) atoms. The fourth-order valence-corrected chi connectivity index (χ4v) is 1.32. The second kappa shape index (κ2) is 3.71. The van der Waals surface area contributed by atoms with Crippen LogP contribution < -0.4 is 11.2 Å². The molecule has 0 saturated heterocycles. The first-order valence-electron chi connectivity index (χ1n) is 3.50. The first-order chi connectivity index (χ1) is 5.65. The predicted molar refractivity (Wildman–Crippen MR) is 49.8 cm³/mol. The zero-order valence-corrected chi connectivity index (χ0v) is 8.22. The lowest BCUT2D eigenvalue weighted by atomic mass is 10.3. The molecule has 1 rings (SSSR count). The van der Waals surface area contributed by atoms with Gasteiger partial charge in [0.1, 0.15) is 0 Å². The topological polar surface area (TPSA) is 54.9 Å². The van der Waals surface area contributed by atoms with Gasteiger partial charge >= 0.3 is 5.69 Å². The molecule has 1 aromatic rings. The lowest BCUT2D eigenvalue weighted by molar-refractivity contribution is 0.779. The second-order valence-corrected chi connectivity index (χ2v) is 3.26. The number of alkyl halides is 1. The smallest absolute Gasteiger partial charge is 0.303 e. The highest BCUT2D eigenvalue weighted by atomic mass is 79.9. The van der Waals surface area contributed by atoms with E-state index < -0.39 is 0 Å². The number of nitrogens with zero attached hydrogens (tertiary/aromatic N) is 1. The molecule has 0 fully saturated rings. The standard InChI is InChI=1S/C7H9BrN2O2/c1-10-4-5(2-3-8)6(11)9-7(10)12/h4H,2-3H2,1H3,(H,9,11,12). The van der Waals surface area contributed by atoms with E-state index in [0.717, 1.165) is 0 Å². The molecule has 66 valence electrons.